The summed E-state index contributed by atoms with van der Waals surface area (Å²) in [6.45, 7) is 1.63. The summed E-state index contributed by atoms with van der Waals surface area (Å²) in [7, 11) is -0.700. The largest absolute Gasteiger partial charge is 0.312 e. The van der Waals surface area contributed by atoms with Gasteiger partial charge in [-0.2, -0.15) is 0 Å². The third-order valence-corrected chi connectivity index (χ3v) is 3.06. The van der Waals surface area contributed by atoms with Crippen LogP contribution < -0.4 is 5.32 Å². The second-order valence-electron chi connectivity index (χ2n) is 3.08. The minimum absolute atomic E-state index is 0.700. The Morgan fingerprint density at radius 3 is 2.93 bits per heavy atom. The first-order chi connectivity index (χ1) is 6.68. The van der Waals surface area contributed by atoms with E-state index in [0.717, 1.165) is 17.6 Å². The van der Waals surface area contributed by atoms with Crippen molar-refractivity contribution in [2.24, 2.45) is 0 Å². The fourth-order valence-corrected chi connectivity index (χ4v) is 1.97. The summed E-state index contributed by atoms with van der Waals surface area (Å²) in [4.78, 5) is 0. The summed E-state index contributed by atoms with van der Waals surface area (Å²) in [6.07, 6.45) is 1.72. The van der Waals surface area contributed by atoms with E-state index in [2.05, 4.69) is 33.4 Å². The smallest absolute Gasteiger partial charge is 0.0357 e. The molecule has 14 heavy (non-hydrogen) atoms. The molecule has 0 aliphatic rings. The topological polar surface area (TPSA) is 29.1 Å². The molecule has 0 aliphatic heterocycles. The van der Waals surface area contributed by atoms with Gasteiger partial charge < -0.3 is 5.32 Å². The fraction of sp³-hybridized carbons (Fsp3) is 0.400. The molecule has 1 aromatic carbocycles. The van der Waals surface area contributed by atoms with E-state index in [-0.39, 0.29) is 0 Å². The third kappa shape index (κ3) is 4.88. The number of halogens is 1. The Bertz CT molecular complexity index is 317. The summed E-state index contributed by atoms with van der Waals surface area (Å²) in [5.41, 5.74) is 1.24. The minimum atomic E-state index is -0.700. The van der Waals surface area contributed by atoms with Gasteiger partial charge in [-0.1, -0.05) is 28.1 Å². The molecule has 0 aliphatic carbocycles. The van der Waals surface area contributed by atoms with E-state index in [0.29, 0.717) is 5.75 Å². The van der Waals surface area contributed by atoms with Crippen LogP contribution in [0.4, 0.5) is 0 Å². The molecule has 0 fully saturated rings. The number of benzene rings is 1. The van der Waals surface area contributed by atoms with Gasteiger partial charge in [0.2, 0.25) is 0 Å². The molecule has 4 heteroatoms. The van der Waals surface area contributed by atoms with E-state index in [1.54, 1.807) is 6.26 Å². The van der Waals surface area contributed by atoms with Crippen LogP contribution in [0.25, 0.3) is 0 Å². The molecule has 0 amide bonds. The lowest BCUT2D eigenvalue weighted by Crippen LogP contribution is -2.19. The van der Waals surface area contributed by atoms with Crippen molar-refractivity contribution in [1.82, 2.24) is 5.32 Å². The van der Waals surface area contributed by atoms with Gasteiger partial charge >= 0.3 is 0 Å². The maximum atomic E-state index is 10.8. The lowest BCUT2D eigenvalue weighted by atomic mass is 10.2. The summed E-state index contributed by atoms with van der Waals surface area (Å²) in [5, 5.41) is 3.25. The van der Waals surface area contributed by atoms with Gasteiger partial charge in [0.25, 0.3) is 0 Å². The van der Waals surface area contributed by atoms with Gasteiger partial charge in [-0.05, 0) is 17.7 Å². The number of hydrogen-bond acceptors (Lipinski definition) is 2. The normalized spacial score (nSPS) is 12.7. The molecule has 1 N–H and O–H groups in total. The van der Waals surface area contributed by atoms with Gasteiger partial charge in [0.1, 0.15) is 0 Å². The van der Waals surface area contributed by atoms with Crippen molar-refractivity contribution >= 4 is 26.7 Å². The summed E-state index contributed by atoms with van der Waals surface area (Å²) < 4.78 is 11.9. The van der Waals surface area contributed by atoms with Gasteiger partial charge in [-0.25, -0.2) is 0 Å². The Labute approximate surface area is 95.7 Å². The maximum absolute atomic E-state index is 10.8. The lowest BCUT2D eigenvalue weighted by molar-refractivity contribution is 0.676. The van der Waals surface area contributed by atoms with Crippen LogP contribution in [0.5, 0.6) is 0 Å². The molecule has 0 aromatic heterocycles. The molecule has 78 valence electrons. The Kier molecular flexibility index (Phi) is 5.37. The Morgan fingerprint density at radius 2 is 2.29 bits per heavy atom. The van der Waals surface area contributed by atoms with Crippen LogP contribution in [0.1, 0.15) is 5.56 Å². The zero-order valence-electron chi connectivity index (χ0n) is 8.13. The molecule has 2 nitrogen and oxygen atoms in total. The van der Waals surface area contributed by atoms with E-state index in [1.165, 1.54) is 5.56 Å². The average Bonchev–Trinajstić information content (AvgIpc) is 2.12. The van der Waals surface area contributed by atoms with Crippen molar-refractivity contribution in [3.8, 4) is 0 Å². The Morgan fingerprint density at radius 1 is 1.50 bits per heavy atom. The molecule has 1 aromatic rings. The highest BCUT2D eigenvalue weighted by atomic mass is 79.9. The van der Waals surface area contributed by atoms with Crippen LogP contribution >= 0.6 is 15.9 Å². The number of nitrogens with one attached hydrogen (secondary N) is 1. The maximum Gasteiger partial charge on any atom is 0.0357 e. The van der Waals surface area contributed by atoms with Gasteiger partial charge in [-0.15, -0.1) is 0 Å². The molecule has 0 heterocycles. The predicted molar refractivity (Wildman–Crippen MR) is 64.8 cm³/mol. The molecule has 0 spiro atoms. The third-order valence-electron chi connectivity index (χ3n) is 1.78. The van der Waals surface area contributed by atoms with E-state index in [1.807, 2.05) is 12.1 Å². The first-order valence-electron chi connectivity index (χ1n) is 4.43. The van der Waals surface area contributed by atoms with Crippen molar-refractivity contribution in [3.63, 3.8) is 0 Å². The van der Waals surface area contributed by atoms with Gasteiger partial charge in [-0.3, -0.25) is 4.21 Å². The second kappa shape index (κ2) is 6.32. The highest BCUT2D eigenvalue weighted by Gasteiger charge is 1.94. The van der Waals surface area contributed by atoms with Crippen LogP contribution in [-0.2, 0) is 17.3 Å². The zero-order valence-corrected chi connectivity index (χ0v) is 10.5. The first-order valence-corrected chi connectivity index (χ1v) is 6.95. The molecular weight excluding hydrogens is 262 g/mol. The van der Waals surface area contributed by atoms with Crippen molar-refractivity contribution in [3.05, 3.63) is 34.3 Å². The molecule has 0 saturated carbocycles. The van der Waals surface area contributed by atoms with E-state index in [9.17, 15) is 4.21 Å². The summed E-state index contributed by atoms with van der Waals surface area (Å²) >= 11 is 3.42. The highest BCUT2D eigenvalue weighted by molar-refractivity contribution is 9.10. The monoisotopic (exact) mass is 275 g/mol. The van der Waals surface area contributed by atoms with Crippen LogP contribution in [0, 0.1) is 0 Å². The molecule has 0 bridgehead atoms. The van der Waals surface area contributed by atoms with E-state index < -0.39 is 10.8 Å². The lowest BCUT2D eigenvalue weighted by Gasteiger charge is -2.03. The summed E-state index contributed by atoms with van der Waals surface area (Å²) in [5.74, 6) is 0.716. The average molecular weight is 276 g/mol. The Hall–Kier alpha value is -0.190. The minimum Gasteiger partial charge on any atom is -0.312 e. The van der Waals surface area contributed by atoms with Gasteiger partial charge in [0.05, 0.1) is 0 Å². The van der Waals surface area contributed by atoms with Gasteiger partial charge in [0, 0.05) is 40.4 Å². The predicted octanol–water partition coefficient (Wildman–Crippen LogP) is 1.92. The van der Waals surface area contributed by atoms with Crippen LogP contribution in [-0.4, -0.2) is 22.8 Å². The van der Waals surface area contributed by atoms with Crippen LogP contribution in [0.2, 0.25) is 0 Å². The highest BCUT2D eigenvalue weighted by Crippen LogP contribution is 2.10. The van der Waals surface area contributed by atoms with Crippen molar-refractivity contribution in [1.29, 1.82) is 0 Å². The molecule has 0 saturated heterocycles. The van der Waals surface area contributed by atoms with Crippen molar-refractivity contribution in [2.45, 2.75) is 6.54 Å². The molecule has 1 unspecified atom stereocenters. The quantitative estimate of drug-likeness (QED) is 0.832. The molecular formula is C10H14BrNOS. The van der Waals surface area contributed by atoms with Crippen molar-refractivity contribution < 1.29 is 4.21 Å². The number of rotatable bonds is 5. The Balaban J connectivity index is 2.28. The summed E-state index contributed by atoms with van der Waals surface area (Å²) in [6, 6.07) is 8.17. The van der Waals surface area contributed by atoms with Crippen molar-refractivity contribution in [2.75, 3.05) is 18.6 Å². The van der Waals surface area contributed by atoms with Crippen LogP contribution in [0.15, 0.2) is 28.7 Å². The molecule has 1 rings (SSSR count). The second-order valence-corrected chi connectivity index (χ2v) is 5.55. The molecule has 1 atom stereocenters. The van der Waals surface area contributed by atoms with Crippen LogP contribution in [0.3, 0.4) is 0 Å². The molecule has 0 radical (unpaired) electrons. The number of hydrogen-bond donors (Lipinski definition) is 1. The van der Waals surface area contributed by atoms with E-state index in [4.69, 9.17) is 0 Å². The SMILES string of the molecule is CS(=O)CCNCc1cccc(Br)c1. The zero-order chi connectivity index (χ0) is 10.4. The standard InChI is InChI=1S/C10H14BrNOS/c1-14(13)6-5-12-8-9-3-2-4-10(11)7-9/h2-4,7,12H,5-6,8H2,1H3. The van der Waals surface area contributed by atoms with E-state index >= 15 is 0 Å². The van der Waals surface area contributed by atoms with Gasteiger partial charge in [0.15, 0.2) is 0 Å². The fourth-order valence-electron chi connectivity index (χ4n) is 1.10. The first kappa shape index (κ1) is 11.9.